The highest BCUT2D eigenvalue weighted by molar-refractivity contribution is 5.09. The maximum atomic E-state index is 5.76. The summed E-state index contributed by atoms with van der Waals surface area (Å²) in [7, 11) is 2.02. The fourth-order valence-corrected chi connectivity index (χ4v) is 2.01. The van der Waals surface area contributed by atoms with E-state index in [0.717, 1.165) is 26.0 Å². The average Bonchev–Trinajstić information content (AvgIpc) is 2.78. The molecule has 84 valence electrons. The zero-order chi connectivity index (χ0) is 10.7. The smallest absolute Gasteiger partial charge is 0.0870 e. The van der Waals surface area contributed by atoms with E-state index in [2.05, 4.69) is 23.5 Å². The summed E-state index contributed by atoms with van der Waals surface area (Å²) in [4.78, 5) is 0. The zero-order valence-electron chi connectivity index (χ0n) is 9.44. The van der Waals surface area contributed by atoms with Gasteiger partial charge in [0, 0.05) is 31.0 Å². The lowest BCUT2D eigenvalue weighted by Gasteiger charge is -2.28. The maximum Gasteiger partial charge on any atom is 0.0870 e. The van der Waals surface area contributed by atoms with E-state index in [1.165, 1.54) is 5.56 Å². The second kappa shape index (κ2) is 4.77. The van der Waals surface area contributed by atoms with Crippen LogP contribution in [0.1, 0.15) is 31.4 Å². The largest absolute Gasteiger partial charge is 0.373 e. The van der Waals surface area contributed by atoms with E-state index < -0.39 is 0 Å². The molecule has 1 aromatic heterocycles. The number of nitrogens with zero attached hydrogens (tertiary/aromatic N) is 2. The van der Waals surface area contributed by atoms with Gasteiger partial charge in [-0.2, -0.15) is 5.10 Å². The van der Waals surface area contributed by atoms with Crippen LogP contribution in [-0.4, -0.2) is 29.5 Å². The van der Waals surface area contributed by atoms with Gasteiger partial charge in [0.05, 0.1) is 12.3 Å². The maximum absolute atomic E-state index is 5.76. The Balaban J connectivity index is 2.03. The minimum atomic E-state index is 0.219. The lowest BCUT2D eigenvalue weighted by Crippen LogP contribution is -2.33. The summed E-state index contributed by atoms with van der Waals surface area (Å²) in [6.45, 7) is 3.85. The number of hydrogen-bond acceptors (Lipinski definition) is 3. The van der Waals surface area contributed by atoms with Crippen LogP contribution in [0.3, 0.4) is 0 Å². The van der Waals surface area contributed by atoms with Gasteiger partial charge in [-0.05, 0) is 26.8 Å². The first-order valence-corrected chi connectivity index (χ1v) is 5.64. The first kappa shape index (κ1) is 10.6. The van der Waals surface area contributed by atoms with Gasteiger partial charge < -0.3 is 10.1 Å². The zero-order valence-corrected chi connectivity index (χ0v) is 9.44. The van der Waals surface area contributed by atoms with Crippen molar-refractivity contribution in [3.8, 4) is 0 Å². The van der Waals surface area contributed by atoms with Crippen molar-refractivity contribution in [2.45, 2.75) is 38.5 Å². The molecule has 2 unspecified atom stereocenters. The van der Waals surface area contributed by atoms with Crippen LogP contribution in [-0.2, 0) is 11.3 Å². The summed E-state index contributed by atoms with van der Waals surface area (Å²) >= 11 is 0. The van der Waals surface area contributed by atoms with Crippen LogP contribution < -0.4 is 5.32 Å². The van der Waals surface area contributed by atoms with E-state index in [1.807, 2.05) is 17.9 Å². The highest BCUT2D eigenvalue weighted by Gasteiger charge is 2.23. The summed E-state index contributed by atoms with van der Waals surface area (Å²) in [6, 6.07) is 0.578. The Morgan fingerprint density at radius 1 is 1.67 bits per heavy atom. The third kappa shape index (κ3) is 2.38. The molecule has 2 rings (SSSR count). The van der Waals surface area contributed by atoms with Crippen LogP contribution in [0.2, 0.25) is 0 Å². The summed E-state index contributed by atoms with van der Waals surface area (Å²) in [5.74, 6) is 0. The Morgan fingerprint density at radius 3 is 3.20 bits per heavy atom. The normalized spacial score (nSPS) is 26.8. The predicted octanol–water partition coefficient (Wildman–Crippen LogP) is 1.34. The number of rotatable bonds is 3. The Labute approximate surface area is 90.6 Å². The van der Waals surface area contributed by atoms with Gasteiger partial charge in [0.15, 0.2) is 0 Å². The van der Waals surface area contributed by atoms with Crippen LogP contribution in [0.5, 0.6) is 0 Å². The second-order valence-corrected chi connectivity index (χ2v) is 4.00. The van der Waals surface area contributed by atoms with E-state index in [1.54, 1.807) is 0 Å². The summed E-state index contributed by atoms with van der Waals surface area (Å²) in [6.07, 6.45) is 6.38. The topological polar surface area (TPSA) is 39.1 Å². The Morgan fingerprint density at radius 2 is 2.53 bits per heavy atom. The minimum absolute atomic E-state index is 0.219. The number of aryl methyl sites for hydroxylation is 1. The quantitative estimate of drug-likeness (QED) is 0.816. The van der Waals surface area contributed by atoms with Crippen LogP contribution in [0.4, 0.5) is 0 Å². The monoisotopic (exact) mass is 209 g/mol. The molecule has 0 aromatic carbocycles. The first-order valence-electron chi connectivity index (χ1n) is 5.64. The molecule has 4 nitrogen and oxygen atoms in total. The minimum Gasteiger partial charge on any atom is -0.373 e. The molecule has 2 heterocycles. The average molecular weight is 209 g/mol. The molecule has 2 atom stereocenters. The van der Waals surface area contributed by atoms with Crippen molar-refractivity contribution in [1.29, 1.82) is 0 Å². The van der Waals surface area contributed by atoms with E-state index in [0.29, 0.717) is 6.04 Å². The van der Waals surface area contributed by atoms with Crippen molar-refractivity contribution in [1.82, 2.24) is 15.1 Å². The van der Waals surface area contributed by atoms with E-state index >= 15 is 0 Å². The van der Waals surface area contributed by atoms with Crippen molar-refractivity contribution < 1.29 is 4.74 Å². The highest BCUT2D eigenvalue weighted by Crippen LogP contribution is 2.27. The lowest BCUT2D eigenvalue weighted by molar-refractivity contribution is 0.00150. The van der Waals surface area contributed by atoms with E-state index in [4.69, 9.17) is 4.74 Å². The second-order valence-electron chi connectivity index (χ2n) is 4.00. The molecule has 1 saturated heterocycles. The number of nitrogens with one attached hydrogen (secondary N) is 1. The molecular formula is C11H19N3O. The van der Waals surface area contributed by atoms with Crippen LogP contribution in [0.15, 0.2) is 12.4 Å². The molecule has 4 heteroatoms. The third-order valence-corrected chi connectivity index (χ3v) is 3.04. The molecule has 1 aliphatic rings. The molecular weight excluding hydrogens is 190 g/mol. The molecule has 1 aromatic rings. The number of ether oxygens (including phenoxy) is 1. The van der Waals surface area contributed by atoms with Crippen molar-refractivity contribution in [3.63, 3.8) is 0 Å². The molecule has 0 amide bonds. The van der Waals surface area contributed by atoms with Crippen molar-refractivity contribution in [2.24, 2.45) is 0 Å². The predicted molar refractivity (Wildman–Crippen MR) is 58.7 cm³/mol. The third-order valence-electron chi connectivity index (χ3n) is 3.04. The molecule has 1 N–H and O–H groups in total. The Hall–Kier alpha value is -0.870. The van der Waals surface area contributed by atoms with Gasteiger partial charge in [0.25, 0.3) is 0 Å². The summed E-state index contributed by atoms with van der Waals surface area (Å²) < 4.78 is 7.71. The van der Waals surface area contributed by atoms with Gasteiger partial charge in [-0.1, -0.05) is 0 Å². The molecule has 0 spiro atoms. The van der Waals surface area contributed by atoms with Gasteiger partial charge in [-0.3, -0.25) is 4.68 Å². The molecule has 0 bridgehead atoms. The highest BCUT2D eigenvalue weighted by atomic mass is 16.5. The van der Waals surface area contributed by atoms with Gasteiger partial charge in [0.2, 0.25) is 0 Å². The van der Waals surface area contributed by atoms with Gasteiger partial charge in [0.1, 0.15) is 0 Å². The molecule has 1 fully saturated rings. The fourth-order valence-electron chi connectivity index (χ4n) is 2.01. The van der Waals surface area contributed by atoms with Crippen LogP contribution in [0.25, 0.3) is 0 Å². The standard InChI is InChI=1S/C11H19N3O/c1-3-14-8-9(7-13-14)11-6-10(12-2)4-5-15-11/h7-8,10-12H,3-6H2,1-2H3. The Bertz CT molecular complexity index is 311. The molecule has 1 aliphatic heterocycles. The lowest BCUT2D eigenvalue weighted by atomic mass is 10.00. The SMILES string of the molecule is CCn1cc(C2CC(NC)CCO2)cn1. The Kier molecular flexibility index (Phi) is 3.38. The van der Waals surface area contributed by atoms with Crippen molar-refractivity contribution in [2.75, 3.05) is 13.7 Å². The first-order chi connectivity index (χ1) is 7.33. The van der Waals surface area contributed by atoms with E-state index in [9.17, 15) is 0 Å². The van der Waals surface area contributed by atoms with Crippen LogP contribution in [0, 0.1) is 0 Å². The summed E-state index contributed by atoms with van der Waals surface area (Å²) in [5.41, 5.74) is 1.21. The van der Waals surface area contributed by atoms with Crippen LogP contribution >= 0.6 is 0 Å². The molecule has 15 heavy (non-hydrogen) atoms. The fraction of sp³-hybridized carbons (Fsp3) is 0.727. The van der Waals surface area contributed by atoms with Crippen molar-refractivity contribution in [3.05, 3.63) is 18.0 Å². The van der Waals surface area contributed by atoms with Gasteiger partial charge >= 0.3 is 0 Å². The molecule has 0 aliphatic carbocycles. The number of hydrogen-bond donors (Lipinski definition) is 1. The van der Waals surface area contributed by atoms with Crippen molar-refractivity contribution >= 4 is 0 Å². The number of aromatic nitrogens is 2. The van der Waals surface area contributed by atoms with Gasteiger partial charge in [-0.25, -0.2) is 0 Å². The molecule has 0 saturated carbocycles. The summed E-state index contributed by atoms with van der Waals surface area (Å²) in [5, 5.41) is 7.59. The molecule has 0 radical (unpaired) electrons. The van der Waals surface area contributed by atoms with E-state index in [-0.39, 0.29) is 6.10 Å². The van der Waals surface area contributed by atoms with Gasteiger partial charge in [-0.15, -0.1) is 0 Å².